The van der Waals surface area contributed by atoms with Crippen molar-refractivity contribution in [2.24, 2.45) is 0 Å². The molecule has 1 amide bonds. The van der Waals surface area contributed by atoms with E-state index >= 15 is 0 Å². The standard InChI is InChI=1S/C19H14F4N4O2/c1-10-16(27-17(28)12-7-8-15(24-9-12)19(21,22)23)11(2)26-18(25-10)29-14-6-4-3-5-13(14)20/h3-9H,1-2H3,(H,27,28). The number of rotatable bonds is 4. The second kappa shape index (κ2) is 7.82. The van der Waals surface area contributed by atoms with Gasteiger partial charge in [-0.1, -0.05) is 12.1 Å². The van der Waals surface area contributed by atoms with E-state index < -0.39 is 23.6 Å². The number of anilines is 1. The zero-order valence-corrected chi connectivity index (χ0v) is 15.2. The van der Waals surface area contributed by atoms with Crippen LogP contribution in [-0.2, 0) is 6.18 Å². The first kappa shape index (κ1) is 20.2. The van der Waals surface area contributed by atoms with Crippen LogP contribution in [0.5, 0.6) is 11.8 Å². The second-order valence-electron chi connectivity index (χ2n) is 5.97. The molecule has 0 unspecified atom stereocenters. The highest BCUT2D eigenvalue weighted by atomic mass is 19.4. The molecular formula is C19H14F4N4O2. The molecule has 6 nitrogen and oxygen atoms in total. The molecule has 0 aliphatic heterocycles. The molecule has 0 radical (unpaired) electrons. The minimum atomic E-state index is -4.59. The van der Waals surface area contributed by atoms with E-state index in [4.69, 9.17) is 4.74 Å². The van der Waals surface area contributed by atoms with Gasteiger partial charge in [0.05, 0.1) is 22.6 Å². The fourth-order valence-corrected chi connectivity index (χ4v) is 2.42. The monoisotopic (exact) mass is 406 g/mol. The van der Waals surface area contributed by atoms with Crippen LogP contribution in [0.2, 0.25) is 0 Å². The second-order valence-corrected chi connectivity index (χ2v) is 5.97. The van der Waals surface area contributed by atoms with Gasteiger partial charge in [-0.15, -0.1) is 0 Å². The number of aryl methyl sites for hydroxylation is 2. The number of para-hydroxylation sites is 1. The van der Waals surface area contributed by atoms with E-state index in [1.165, 1.54) is 18.2 Å². The van der Waals surface area contributed by atoms with Gasteiger partial charge in [0.15, 0.2) is 11.6 Å². The molecule has 0 fully saturated rings. The fourth-order valence-electron chi connectivity index (χ4n) is 2.42. The zero-order valence-electron chi connectivity index (χ0n) is 15.2. The first-order valence-electron chi connectivity index (χ1n) is 8.27. The molecule has 150 valence electrons. The summed E-state index contributed by atoms with van der Waals surface area (Å²) in [5.41, 5.74) is -0.243. The Morgan fingerprint density at radius 1 is 1.03 bits per heavy atom. The average molecular weight is 406 g/mol. The van der Waals surface area contributed by atoms with E-state index in [2.05, 4.69) is 20.3 Å². The highest BCUT2D eigenvalue weighted by molar-refractivity contribution is 6.04. The summed E-state index contributed by atoms with van der Waals surface area (Å²) in [6.45, 7) is 3.15. The number of nitrogens with one attached hydrogen (secondary N) is 1. The van der Waals surface area contributed by atoms with Gasteiger partial charge in [-0.2, -0.15) is 23.1 Å². The van der Waals surface area contributed by atoms with Crippen molar-refractivity contribution < 1.29 is 27.1 Å². The smallest absolute Gasteiger partial charge is 0.421 e. The minimum Gasteiger partial charge on any atom is -0.421 e. The summed E-state index contributed by atoms with van der Waals surface area (Å²) in [4.78, 5) is 23.8. The molecule has 0 spiro atoms. The third-order valence-corrected chi connectivity index (χ3v) is 3.84. The quantitative estimate of drug-likeness (QED) is 0.636. The first-order chi connectivity index (χ1) is 13.6. The number of carbonyl (C=O) groups is 1. The molecular weight excluding hydrogens is 392 g/mol. The highest BCUT2D eigenvalue weighted by Gasteiger charge is 2.32. The Labute approximate surface area is 162 Å². The number of benzene rings is 1. The number of amides is 1. The van der Waals surface area contributed by atoms with Crippen LogP contribution in [0.3, 0.4) is 0 Å². The van der Waals surface area contributed by atoms with Crippen molar-refractivity contribution >= 4 is 11.6 Å². The lowest BCUT2D eigenvalue weighted by Gasteiger charge is -2.13. The van der Waals surface area contributed by atoms with Crippen LogP contribution in [0.4, 0.5) is 23.2 Å². The Bertz CT molecular complexity index is 1030. The molecule has 0 bridgehead atoms. The van der Waals surface area contributed by atoms with Crippen molar-refractivity contribution in [2.75, 3.05) is 5.32 Å². The number of alkyl halides is 3. The largest absolute Gasteiger partial charge is 0.433 e. The normalized spacial score (nSPS) is 11.2. The van der Waals surface area contributed by atoms with Crippen molar-refractivity contribution in [1.82, 2.24) is 15.0 Å². The lowest BCUT2D eigenvalue weighted by atomic mass is 10.2. The topological polar surface area (TPSA) is 77.0 Å². The Morgan fingerprint density at radius 3 is 2.24 bits per heavy atom. The Balaban J connectivity index is 1.79. The number of ether oxygens (including phenoxy) is 1. The zero-order chi connectivity index (χ0) is 21.2. The maximum atomic E-state index is 13.7. The van der Waals surface area contributed by atoms with Crippen LogP contribution in [-0.4, -0.2) is 20.9 Å². The molecule has 1 aromatic carbocycles. The summed E-state index contributed by atoms with van der Waals surface area (Å²) in [5.74, 6) is -1.32. The fraction of sp³-hybridized carbons (Fsp3) is 0.158. The van der Waals surface area contributed by atoms with Crippen molar-refractivity contribution in [3.63, 3.8) is 0 Å². The Morgan fingerprint density at radius 2 is 1.69 bits per heavy atom. The third kappa shape index (κ3) is 4.65. The van der Waals surface area contributed by atoms with E-state index in [1.54, 1.807) is 19.9 Å². The molecule has 0 saturated carbocycles. The number of carbonyl (C=O) groups excluding carboxylic acids is 1. The predicted octanol–water partition coefficient (Wildman–Crippen LogP) is 4.69. The Kier molecular flexibility index (Phi) is 5.44. The van der Waals surface area contributed by atoms with Crippen molar-refractivity contribution in [3.8, 4) is 11.8 Å². The van der Waals surface area contributed by atoms with Gasteiger partial charge in [-0.05, 0) is 38.1 Å². The van der Waals surface area contributed by atoms with E-state index in [0.29, 0.717) is 11.4 Å². The number of halogens is 4. The summed E-state index contributed by atoms with van der Waals surface area (Å²) < 4.78 is 56.8. The highest BCUT2D eigenvalue weighted by Crippen LogP contribution is 2.28. The Hall–Kier alpha value is -3.56. The van der Waals surface area contributed by atoms with Crippen molar-refractivity contribution in [2.45, 2.75) is 20.0 Å². The van der Waals surface area contributed by atoms with Gasteiger partial charge < -0.3 is 10.1 Å². The maximum absolute atomic E-state index is 13.7. The van der Waals surface area contributed by atoms with E-state index in [1.807, 2.05) is 0 Å². The third-order valence-electron chi connectivity index (χ3n) is 3.84. The summed E-state index contributed by atoms with van der Waals surface area (Å²) in [5, 5.41) is 2.54. The van der Waals surface area contributed by atoms with E-state index in [0.717, 1.165) is 18.3 Å². The van der Waals surface area contributed by atoms with Gasteiger partial charge in [0.1, 0.15) is 5.69 Å². The minimum absolute atomic E-state index is 0.0566. The summed E-state index contributed by atoms with van der Waals surface area (Å²) >= 11 is 0. The van der Waals surface area contributed by atoms with Crippen LogP contribution in [0.15, 0.2) is 42.6 Å². The van der Waals surface area contributed by atoms with Crippen LogP contribution in [0, 0.1) is 19.7 Å². The van der Waals surface area contributed by atoms with Crippen LogP contribution in [0.1, 0.15) is 27.4 Å². The molecule has 3 aromatic rings. The molecule has 3 rings (SSSR count). The molecule has 2 aromatic heterocycles. The van der Waals surface area contributed by atoms with Gasteiger partial charge in [0.2, 0.25) is 0 Å². The maximum Gasteiger partial charge on any atom is 0.433 e. The number of hydrogen-bond acceptors (Lipinski definition) is 5. The lowest BCUT2D eigenvalue weighted by molar-refractivity contribution is -0.141. The van der Waals surface area contributed by atoms with Crippen molar-refractivity contribution in [3.05, 3.63) is 71.1 Å². The predicted molar refractivity (Wildman–Crippen MR) is 95.2 cm³/mol. The number of hydrogen-bond donors (Lipinski definition) is 1. The van der Waals surface area contributed by atoms with Gasteiger partial charge in [-0.3, -0.25) is 9.78 Å². The number of aromatic nitrogens is 3. The molecule has 0 aliphatic rings. The lowest BCUT2D eigenvalue weighted by Crippen LogP contribution is -2.16. The molecule has 0 saturated heterocycles. The number of pyridine rings is 1. The molecule has 29 heavy (non-hydrogen) atoms. The summed E-state index contributed by atoms with van der Waals surface area (Å²) in [6.07, 6.45) is -3.76. The summed E-state index contributed by atoms with van der Waals surface area (Å²) in [7, 11) is 0. The molecule has 10 heteroatoms. The molecule has 0 atom stereocenters. The SMILES string of the molecule is Cc1nc(Oc2ccccc2F)nc(C)c1NC(=O)c1ccc(C(F)(F)F)nc1. The van der Waals surface area contributed by atoms with Crippen LogP contribution in [0.25, 0.3) is 0 Å². The average Bonchev–Trinajstić information content (AvgIpc) is 2.66. The molecule has 0 aliphatic carbocycles. The van der Waals surface area contributed by atoms with Crippen molar-refractivity contribution in [1.29, 1.82) is 0 Å². The molecule has 1 N–H and O–H groups in total. The van der Waals surface area contributed by atoms with Gasteiger partial charge in [0.25, 0.3) is 5.91 Å². The van der Waals surface area contributed by atoms with Crippen LogP contribution >= 0.6 is 0 Å². The van der Waals surface area contributed by atoms with E-state index in [9.17, 15) is 22.4 Å². The van der Waals surface area contributed by atoms with Gasteiger partial charge in [-0.25, -0.2) is 4.39 Å². The van der Waals surface area contributed by atoms with E-state index in [-0.39, 0.29) is 23.0 Å². The number of nitrogens with zero attached hydrogens (tertiary/aromatic N) is 3. The molecule has 2 heterocycles. The van der Waals surface area contributed by atoms with Gasteiger partial charge >= 0.3 is 12.2 Å². The van der Waals surface area contributed by atoms with Gasteiger partial charge in [0, 0.05) is 6.20 Å². The summed E-state index contributed by atoms with van der Waals surface area (Å²) in [6, 6.07) is 7.36. The van der Waals surface area contributed by atoms with Crippen LogP contribution < -0.4 is 10.1 Å². The first-order valence-corrected chi connectivity index (χ1v) is 8.27.